The fourth-order valence-corrected chi connectivity index (χ4v) is 5.47. The second-order valence-electron chi connectivity index (χ2n) is 8.18. The number of amides is 2. The maximum Gasteiger partial charge on any atom is 0.341 e. The molecule has 38 heavy (non-hydrogen) atoms. The molecule has 10 nitrogen and oxygen atoms in total. The fraction of sp³-hybridized carbons (Fsp3) is 0.346. The lowest BCUT2D eigenvalue weighted by atomic mass is 10.1. The first-order valence-corrected chi connectivity index (χ1v) is 13.8. The maximum atomic E-state index is 12.8. The monoisotopic (exact) mass is 557 g/mol. The number of hydrogen-bond acceptors (Lipinski definition) is 9. The Labute approximate surface area is 229 Å². The van der Waals surface area contributed by atoms with E-state index in [1.165, 1.54) is 17.3 Å². The molecular formula is C26H31N5O5S2. The summed E-state index contributed by atoms with van der Waals surface area (Å²) in [7, 11) is 0. The van der Waals surface area contributed by atoms with E-state index in [1.807, 2.05) is 35.8 Å². The van der Waals surface area contributed by atoms with Crippen LogP contribution in [0.25, 0.3) is 0 Å². The van der Waals surface area contributed by atoms with Gasteiger partial charge in [-0.05, 0) is 50.5 Å². The summed E-state index contributed by atoms with van der Waals surface area (Å²) in [6, 6.07) is 7.88. The summed E-state index contributed by atoms with van der Waals surface area (Å²) in [6.07, 6.45) is 2.26. The molecule has 3 rings (SSSR count). The first kappa shape index (κ1) is 28.9. The number of allylic oxidation sites excluding steroid dienone is 1. The Hall–Kier alpha value is -3.64. The van der Waals surface area contributed by atoms with Gasteiger partial charge in [0.1, 0.15) is 10.8 Å². The normalized spacial score (nSPS) is 11.6. The van der Waals surface area contributed by atoms with Crippen molar-refractivity contribution in [2.24, 2.45) is 5.73 Å². The van der Waals surface area contributed by atoms with Crippen LogP contribution in [0.15, 0.2) is 42.1 Å². The van der Waals surface area contributed by atoms with Crippen molar-refractivity contribution in [1.29, 1.82) is 0 Å². The van der Waals surface area contributed by atoms with Crippen molar-refractivity contribution in [2.45, 2.75) is 51.9 Å². The number of ether oxygens (including phenoxy) is 2. The zero-order chi connectivity index (χ0) is 27.8. The highest BCUT2D eigenvalue weighted by Crippen LogP contribution is 2.34. The number of rotatable bonds is 13. The largest absolute Gasteiger partial charge is 0.483 e. The molecule has 0 fully saturated rings. The molecule has 3 N–H and O–H groups in total. The number of aromatic nitrogens is 3. The predicted molar refractivity (Wildman–Crippen MR) is 148 cm³/mol. The number of carbonyl (C=O) groups excluding carboxylic acids is 3. The second-order valence-corrected chi connectivity index (χ2v) is 10.1. The lowest BCUT2D eigenvalue weighted by Gasteiger charge is -2.16. The molecule has 0 saturated carbocycles. The predicted octanol–water partition coefficient (Wildman–Crippen LogP) is 4.54. The first-order valence-electron chi connectivity index (χ1n) is 12.0. The highest BCUT2D eigenvalue weighted by molar-refractivity contribution is 7.99. The molecule has 2 amide bonds. The van der Waals surface area contributed by atoms with Gasteiger partial charge in [-0.3, -0.25) is 14.2 Å². The molecule has 1 aromatic carbocycles. The third kappa shape index (κ3) is 6.81. The van der Waals surface area contributed by atoms with Crippen LogP contribution in [-0.4, -0.2) is 44.9 Å². The third-order valence-electron chi connectivity index (χ3n) is 5.50. The molecule has 1 atom stereocenters. The molecule has 1 unspecified atom stereocenters. The highest BCUT2D eigenvalue weighted by Gasteiger charge is 2.26. The Bertz CT molecular complexity index is 1320. The van der Waals surface area contributed by atoms with Crippen LogP contribution in [0.2, 0.25) is 0 Å². The van der Waals surface area contributed by atoms with Gasteiger partial charge in [0.05, 0.1) is 22.8 Å². The van der Waals surface area contributed by atoms with Crippen molar-refractivity contribution in [3.05, 3.63) is 64.3 Å². The molecule has 3 aromatic rings. The van der Waals surface area contributed by atoms with E-state index >= 15 is 0 Å². The van der Waals surface area contributed by atoms with Gasteiger partial charge in [0.15, 0.2) is 17.1 Å². The average molecular weight is 558 g/mol. The number of benzene rings is 1. The number of carbonyl (C=O) groups is 3. The summed E-state index contributed by atoms with van der Waals surface area (Å²) in [5.41, 5.74) is 7.15. The van der Waals surface area contributed by atoms with Crippen LogP contribution >= 0.6 is 23.1 Å². The fourth-order valence-electron chi connectivity index (χ4n) is 3.65. The van der Waals surface area contributed by atoms with Crippen molar-refractivity contribution in [3.63, 3.8) is 0 Å². The quantitative estimate of drug-likeness (QED) is 0.177. The van der Waals surface area contributed by atoms with Gasteiger partial charge in [0, 0.05) is 6.54 Å². The number of primary amides is 1. The van der Waals surface area contributed by atoms with E-state index in [9.17, 15) is 14.4 Å². The van der Waals surface area contributed by atoms with Crippen LogP contribution in [0.5, 0.6) is 5.75 Å². The van der Waals surface area contributed by atoms with E-state index in [0.717, 1.165) is 23.5 Å². The van der Waals surface area contributed by atoms with Crippen LogP contribution in [0.3, 0.4) is 0 Å². The van der Waals surface area contributed by atoms with Gasteiger partial charge in [0.25, 0.3) is 5.91 Å². The summed E-state index contributed by atoms with van der Waals surface area (Å²) in [6.45, 7) is 11.6. The number of thioether (sulfide) groups is 1. The minimum atomic E-state index is -0.685. The van der Waals surface area contributed by atoms with Crippen molar-refractivity contribution in [2.75, 3.05) is 17.7 Å². The second kappa shape index (κ2) is 13.2. The molecule has 0 radical (unpaired) electrons. The summed E-state index contributed by atoms with van der Waals surface area (Å²) in [5.74, 6) is -0.421. The summed E-state index contributed by atoms with van der Waals surface area (Å²) in [5, 5.41) is 12.0. The number of hydrogen-bond donors (Lipinski definition) is 2. The van der Waals surface area contributed by atoms with Gasteiger partial charge < -0.3 is 20.5 Å². The molecule has 2 aromatic heterocycles. The first-order chi connectivity index (χ1) is 18.2. The van der Waals surface area contributed by atoms with Gasteiger partial charge >= 0.3 is 5.97 Å². The van der Waals surface area contributed by atoms with E-state index in [0.29, 0.717) is 23.1 Å². The minimum absolute atomic E-state index is 0.0197. The van der Waals surface area contributed by atoms with Crippen LogP contribution in [0.4, 0.5) is 5.00 Å². The van der Waals surface area contributed by atoms with Crippen molar-refractivity contribution >= 4 is 45.9 Å². The van der Waals surface area contributed by atoms with Crippen LogP contribution in [0, 0.1) is 6.92 Å². The number of thiophene rings is 1. The molecular weight excluding hydrogens is 526 g/mol. The maximum absolute atomic E-state index is 12.8. The zero-order valence-corrected chi connectivity index (χ0v) is 23.4. The number of nitrogens with two attached hydrogens (primary N) is 1. The SMILES string of the molecule is C=CCn1c(SCC(=O)Nc2sc(C(N)=O)c(C)c2C(=O)OCC)nnc1C(C)Oc1ccc(CC)cc1. The third-order valence-corrected chi connectivity index (χ3v) is 7.69. The molecule has 2 heterocycles. The van der Waals surface area contributed by atoms with Crippen molar-refractivity contribution < 1.29 is 23.9 Å². The van der Waals surface area contributed by atoms with Crippen LogP contribution in [-0.2, 0) is 22.5 Å². The Balaban J connectivity index is 1.73. The minimum Gasteiger partial charge on any atom is -0.483 e. The smallest absolute Gasteiger partial charge is 0.341 e. The summed E-state index contributed by atoms with van der Waals surface area (Å²) >= 11 is 2.12. The van der Waals surface area contributed by atoms with Gasteiger partial charge in [-0.15, -0.1) is 28.1 Å². The molecule has 202 valence electrons. The molecule has 0 aliphatic rings. The van der Waals surface area contributed by atoms with E-state index in [4.69, 9.17) is 15.2 Å². The molecule has 0 aliphatic heterocycles. The van der Waals surface area contributed by atoms with E-state index in [1.54, 1.807) is 19.9 Å². The standard InChI is InChI=1S/C26H31N5O5S2/c1-6-13-31-23(16(5)36-18-11-9-17(7-2)10-12-18)29-30-26(31)37-14-19(32)28-24-20(25(34)35-8-3)15(4)21(38-24)22(27)33/h6,9-12,16H,1,7-8,13-14H2,2-5H3,(H2,27,33)(H,28,32). The topological polar surface area (TPSA) is 138 Å². The van der Waals surface area contributed by atoms with Gasteiger partial charge in [-0.1, -0.05) is 36.9 Å². The number of esters is 1. The zero-order valence-electron chi connectivity index (χ0n) is 21.8. The summed E-state index contributed by atoms with van der Waals surface area (Å²) < 4.78 is 13.0. The number of nitrogens with one attached hydrogen (secondary N) is 1. The number of aryl methyl sites for hydroxylation is 1. The van der Waals surface area contributed by atoms with E-state index in [-0.39, 0.29) is 27.8 Å². The van der Waals surface area contributed by atoms with Gasteiger partial charge in [-0.25, -0.2) is 4.79 Å². The molecule has 0 aliphatic carbocycles. The van der Waals surface area contributed by atoms with Crippen molar-refractivity contribution in [3.8, 4) is 5.75 Å². The number of anilines is 1. The average Bonchev–Trinajstić information content (AvgIpc) is 3.44. The number of nitrogens with zero attached hydrogens (tertiary/aromatic N) is 3. The highest BCUT2D eigenvalue weighted by atomic mass is 32.2. The molecule has 0 bridgehead atoms. The van der Waals surface area contributed by atoms with Crippen LogP contribution < -0.4 is 15.8 Å². The Morgan fingerprint density at radius 3 is 2.55 bits per heavy atom. The van der Waals surface area contributed by atoms with Crippen molar-refractivity contribution in [1.82, 2.24) is 14.8 Å². The van der Waals surface area contributed by atoms with Gasteiger partial charge in [-0.2, -0.15) is 0 Å². The van der Waals surface area contributed by atoms with Crippen LogP contribution in [0.1, 0.15) is 63.9 Å². The molecule has 0 spiro atoms. The Morgan fingerprint density at radius 2 is 1.95 bits per heavy atom. The Morgan fingerprint density at radius 1 is 1.24 bits per heavy atom. The summed E-state index contributed by atoms with van der Waals surface area (Å²) in [4.78, 5) is 37.3. The Kier molecular flexibility index (Phi) is 10.1. The van der Waals surface area contributed by atoms with E-state index in [2.05, 4.69) is 29.0 Å². The van der Waals surface area contributed by atoms with E-state index < -0.39 is 23.9 Å². The molecule has 12 heteroatoms. The lowest BCUT2D eigenvalue weighted by Crippen LogP contribution is -2.17. The lowest BCUT2D eigenvalue weighted by molar-refractivity contribution is -0.113. The van der Waals surface area contributed by atoms with Gasteiger partial charge in [0.2, 0.25) is 5.91 Å². The molecule has 0 saturated heterocycles.